The molecule has 1 saturated carbocycles. The number of benzene rings is 1. The summed E-state index contributed by atoms with van der Waals surface area (Å²) in [5, 5.41) is 3.79. The molecule has 0 radical (unpaired) electrons. The molecule has 1 heterocycles. The lowest BCUT2D eigenvalue weighted by Crippen LogP contribution is -2.29. The molecule has 1 atom stereocenters. The van der Waals surface area contributed by atoms with E-state index in [4.69, 9.17) is 0 Å². The van der Waals surface area contributed by atoms with Gasteiger partial charge in [-0.1, -0.05) is 38.0 Å². The van der Waals surface area contributed by atoms with Crippen LogP contribution in [0.5, 0.6) is 0 Å². The molecule has 2 aliphatic rings. The Kier molecular flexibility index (Phi) is 4.62. The molecule has 2 fully saturated rings. The number of hydrogen-bond donors (Lipinski definition) is 1. The number of nitrogens with one attached hydrogen (secondary N) is 1. The summed E-state index contributed by atoms with van der Waals surface area (Å²) in [4.78, 5) is 2.55. The van der Waals surface area contributed by atoms with Crippen molar-refractivity contribution in [3.8, 4) is 0 Å². The summed E-state index contributed by atoms with van der Waals surface area (Å²) >= 11 is 0. The van der Waals surface area contributed by atoms with E-state index in [0.29, 0.717) is 6.04 Å². The molecule has 2 nitrogen and oxygen atoms in total. The van der Waals surface area contributed by atoms with Gasteiger partial charge < -0.3 is 10.2 Å². The number of hydrogen-bond acceptors (Lipinski definition) is 2. The number of para-hydroxylation sites is 1. The zero-order valence-corrected chi connectivity index (χ0v) is 12.8. The van der Waals surface area contributed by atoms with Crippen LogP contribution in [0.25, 0.3) is 0 Å². The van der Waals surface area contributed by atoms with E-state index in [0.717, 1.165) is 12.5 Å². The van der Waals surface area contributed by atoms with E-state index in [1.165, 1.54) is 62.9 Å². The minimum absolute atomic E-state index is 0.703. The Hall–Kier alpha value is -1.02. The molecular weight excluding hydrogens is 244 g/mol. The van der Waals surface area contributed by atoms with Crippen molar-refractivity contribution in [3.63, 3.8) is 0 Å². The van der Waals surface area contributed by atoms with Crippen LogP contribution < -0.4 is 10.2 Å². The maximum Gasteiger partial charge on any atom is 0.0411 e. The lowest BCUT2D eigenvalue weighted by atomic mass is 10.1. The summed E-state index contributed by atoms with van der Waals surface area (Å²) in [6.07, 6.45) is 8.25. The summed E-state index contributed by atoms with van der Waals surface area (Å²) in [5.74, 6) is 1.02. The first-order valence-corrected chi connectivity index (χ1v) is 8.43. The van der Waals surface area contributed by atoms with Crippen molar-refractivity contribution in [3.05, 3.63) is 29.8 Å². The van der Waals surface area contributed by atoms with Gasteiger partial charge in [0.2, 0.25) is 0 Å². The zero-order valence-electron chi connectivity index (χ0n) is 12.8. The minimum atomic E-state index is 0.703. The highest BCUT2D eigenvalue weighted by Crippen LogP contribution is 2.34. The molecule has 0 aromatic heterocycles. The third-order valence-electron chi connectivity index (χ3n) is 4.83. The maximum atomic E-state index is 3.79. The van der Waals surface area contributed by atoms with E-state index >= 15 is 0 Å². The molecule has 0 amide bonds. The average Bonchev–Trinajstić information content (AvgIpc) is 3.14. The van der Waals surface area contributed by atoms with Gasteiger partial charge in [0.1, 0.15) is 0 Å². The Labute approximate surface area is 123 Å². The molecule has 3 rings (SSSR count). The van der Waals surface area contributed by atoms with Crippen LogP contribution in [0.4, 0.5) is 5.69 Å². The third kappa shape index (κ3) is 3.54. The fraction of sp³-hybridized carbons (Fsp3) is 0.667. The van der Waals surface area contributed by atoms with Crippen LogP contribution in [0.3, 0.4) is 0 Å². The van der Waals surface area contributed by atoms with Gasteiger partial charge in [0.15, 0.2) is 0 Å². The standard InChI is InChI=1S/C18H28N2/c1-2-17(13-15-9-10-15)19-14-16-7-3-4-8-18(16)20-11-5-6-12-20/h3-4,7-8,15,17,19H,2,5-6,9-14H2,1H3. The maximum absolute atomic E-state index is 3.79. The van der Waals surface area contributed by atoms with Gasteiger partial charge in [-0.25, -0.2) is 0 Å². The van der Waals surface area contributed by atoms with E-state index in [-0.39, 0.29) is 0 Å². The quantitative estimate of drug-likeness (QED) is 0.808. The first kappa shape index (κ1) is 13.9. The zero-order chi connectivity index (χ0) is 13.8. The molecule has 1 aliphatic carbocycles. The summed E-state index contributed by atoms with van der Waals surface area (Å²) in [6.45, 7) is 5.80. The third-order valence-corrected chi connectivity index (χ3v) is 4.83. The van der Waals surface area contributed by atoms with Gasteiger partial charge in [0.05, 0.1) is 0 Å². The molecule has 1 aromatic rings. The van der Waals surface area contributed by atoms with Crippen LogP contribution in [0.1, 0.15) is 51.0 Å². The van der Waals surface area contributed by atoms with E-state index in [9.17, 15) is 0 Å². The average molecular weight is 272 g/mol. The van der Waals surface area contributed by atoms with E-state index in [1.54, 1.807) is 0 Å². The Morgan fingerprint density at radius 1 is 1.20 bits per heavy atom. The van der Waals surface area contributed by atoms with Gasteiger partial charge in [-0.05, 0) is 43.2 Å². The first-order valence-electron chi connectivity index (χ1n) is 8.43. The predicted octanol–water partition coefficient (Wildman–Crippen LogP) is 3.96. The van der Waals surface area contributed by atoms with E-state index in [1.807, 2.05) is 0 Å². The van der Waals surface area contributed by atoms with Crippen molar-refractivity contribution in [2.24, 2.45) is 5.92 Å². The second-order valence-corrected chi connectivity index (χ2v) is 6.49. The van der Waals surface area contributed by atoms with Crippen molar-refractivity contribution >= 4 is 5.69 Å². The number of anilines is 1. The Balaban J connectivity index is 1.60. The van der Waals surface area contributed by atoms with Crippen molar-refractivity contribution in [1.29, 1.82) is 0 Å². The molecule has 1 aliphatic heterocycles. The highest BCUT2D eigenvalue weighted by molar-refractivity contribution is 5.54. The van der Waals surface area contributed by atoms with Crippen LogP contribution >= 0.6 is 0 Å². The van der Waals surface area contributed by atoms with Crippen molar-refractivity contribution < 1.29 is 0 Å². The van der Waals surface area contributed by atoms with Crippen LogP contribution in [0.2, 0.25) is 0 Å². The molecule has 1 aromatic carbocycles. The lowest BCUT2D eigenvalue weighted by molar-refractivity contribution is 0.445. The Morgan fingerprint density at radius 3 is 2.65 bits per heavy atom. The van der Waals surface area contributed by atoms with Crippen molar-refractivity contribution in [1.82, 2.24) is 5.32 Å². The molecule has 0 spiro atoms. The fourth-order valence-corrected chi connectivity index (χ4v) is 3.33. The molecule has 20 heavy (non-hydrogen) atoms. The van der Waals surface area contributed by atoms with Gasteiger partial charge in [0.25, 0.3) is 0 Å². The Bertz CT molecular complexity index is 419. The van der Waals surface area contributed by atoms with Gasteiger partial charge >= 0.3 is 0 Å². The summed E-state index contributed by atoms with van der Waals surface area (Å²) in [7, 11) is 0. The molecule has 1 N–H and O–H groups in total. The second-order valence-electron chi connectivity index (χ2n) is 6.49. The van der Waals surface area contributed by atoms with Crippen LogP contribution in [0, 0.1) is 5.92 Å². The predicted molar refractivity (Wildman–Crippen MR) is 86.1 cm³/mol. The van der Waals surface area contributed by atoms with E-state index < -0.39 is 0 Å². The molecule has 2 heteroatoms. The van der Waals surface area contributed by atoms with Gasteiger partial charge in [-0.15, -0.1) is 0 Å². The normalized spacial score (nSPS) is 20.4. The SMILES string of the molecule is CCC(CC1CC1)NCc1ccccc1N1CCCC1. The molecule has 0 bridgehead atoms. The molecule has 1 saturated heterocycles. The largest absolute Gasteiger partial charge is 0.371 e. The minimum Gasteiger partial charge on any atom is -0.371 e. The molecule has 1 unspecified atom stereocenters. The van der Waals surface area contributed by atoms with Gasteiger partial charge in [-0.3, -0.25) is 0 Å². The Morgan fingerprint density at radius 2 is 1.95 bits per heavy atom. The number of nitrogens with zero attached hydrogens (tertiary/aromatic N) is 1. The number of rotatable bonds is 7. The van der Waals surface area contributed by atoms with Crippen LogP contribution in [-0.2, 0) is 6.54 Å². The summed E-state index contributed by atoms with van der Waals surface area (Å²) in [6, 6.07) is 9.65. The van der Waals surface area contributed by atoms with Crippen LogP contribution in [0.15, 0.2) is 24.3 Å². The lowest BCUT2D eigenvalue weighted by Gasteiger charge is -2.23. The fourth-order valence-electron chi connectivity index (χ4n) is 3.33. The second kappa shape index (κ2) is 6.62. The summed E-state index contributed by atoms with van der Waals surface area (Å²) < 4.78 is 0. The van der Waals surface area contributed by atoms with E-state index in [2.05, 4.69) is 41.4 Å². The van der Waals surface area contributed by atoms with Crippen LogP contribution in [-0.4, -0.2) is 19.1 Å². The van der Waals surface area contributed by atoms with Crippen molar-refractivity contribution in [2.45, 2.75) is 58.0 Å². The monoisotopic (exact) mass is 272 g/mol. The van der Waals surface area contributed by atoms with Gasteiger partial charge in [-0.2, -0.15) is 0 Å². The summed E-state index contributed by atoms with van der Waals surface area (Å²) in [5.41, 5.74) is 2.93. The first-order chi connectivity index (χ1) is 9.86. The smallest absolute Gasteiger partial charge is 0.0411 e. The topological polar surface area (TPSA) is 15.3 Å². The highest BCUT2D eigenvalue weighted by Gasteiger charge is 2.24. The molecule has 110 valence electrons. The molecular formula is C18H28N2. The highest BCUT2D eigenvalue weighted by atomic mass is 15.1. The van der Waals surface area contributed by atoms with Gasteiger partial charge in [0, 0.05) is 31.4 Å². The van der Waals surface area contributed by atoms with Crippen molar-refractivity contribution in [2.75, 3.05) is 18.0 Å².